The van der Waals surface area contributed by atoms with Crippen LogP contribution < -0.4 is 0 Å². The zero-order valence-corrected chi connectivity index (χ0v) is 25.3. The Hall–Kier alpha value is -1.98. The Morgan fingerprint density at radius 2 is 0.821 bits per heavy atom. The van der Waals surface area contributed by atoms with Crippen molar-refractivity contribution in [1.29, 1.82) is 0 Å². The van der Waals surface area contributed by atoms with E-state index < -0.39 is 11.9 Å². The van der Waals surface area contributed by atoms with Crippen molar-refractivity contribution >= 4 is 23.5 Å². The second kappa shape index (κ2) is 27.6. The van der Waals surface area contributed by atoms with Crippen molar-refractivity contribution in [2.24, 2.45) is 0 Å². The highest BCUT2D eigenvalue weighted by molar-refractivity contribution is 5.95. The number of unbranched alkanes of at least 4 members (excludes halogenated alkanes) is 18. The van der Waals surface area contributed by atoms with Crippen molar-refractivity contribution in [2.45, 2.75) is 162 Å². The van der Waals surface area contributed by atoms with Gasteiger partial charge in [-0.1, -0.05) is 136 Å². The summed E-state index contributed by atoms with van der Waals surface area (Å²) >= 11 is 0. The zero-order valence-electron chi connectivity index (χ0n) is 25.3. The molecule has 0 rings (SSSR count). The lowest BCUT2D eigenvalue weighted by molar-refractivity contribution is -0.149. The van der Waals surface area contributed by atoms with Crippen LogP contribution in [0, 0.1) is 0 Å². The maximum atomic E-state index is 12.0. The van der Waals surface area contributed by atoms with Crippen LogP contribution in [0.2, 0.25) is 0 Å². The van der Waals surface area contributed by atoms with Crippen LogP contribution in [0.3, 0.4) is 0 Å². The van der Waals surface area contributed by atoms with Gasteiger partial charge >= 0.3 is 11.9 Å². The van der Waals surface area contributed by atoms with E-state index in [-0.39, 0.29) is 36.8 Å². The van der Waals surface area contributed by atoms with Gasteiger partial charge in [-0.3, -0.25) is 14.4 Å². The molecular weight excluding hydrogens is 492 g/mol. The van der Waals surface area contributed by atoms with E-state index in [0.29, 0.717) is 12.8 Å². The minimum atomic E-state index is -0.778. The normalized spacial score (nSPS) is 10.8. The van der Waals surface area contributed by atoms with E-state index in [1.165, 1.54) is 89.9 Å². The average Bonchev–Trinajstić information content (AvgIpc) is 2.92. The monoisotopic (exact) mass is 550 g/mol. The maximum absolute atomic E-state index is 12.0. The minimum absolute atomic E-state index is 0.0751. The van der Waals surface area contributed by atoms with Crippen molar-refractivity contribution in [3.63, 3.8) is 0 Å². The molecule has 0 bridgehead atoms. The number of carbonyl (C=O) groups excluding carboxylic acids is 4. The van der Waals surface area contributed by atoms with Crippen molar-refractivity contribution in [1.82, 2.24) is 0 Å². The van der Waals surface area contributed by atoms with E-state index >= 15 is 0 Å². The van der Waals surface area contributed by atoms with Gasteiger partial charge in [-0.05, 0) is 12.8 Å². The molecule has 0 radical (unpaired) electrons. The van der Waals surface area contributed by atoms with Crippen LogP contribution >= 0.6 is 0 Å². The molecule has 0 atom stereocenters. The van der Waals surface area contributed by atoms with Crippen LogP contribution in [0.25, 0.3) is 0 Å². The summed E-state index contributed by atoms with van der Waals surface area (Å²) in [5, 5.41) is 0. The molecule has 0 aromatic heterocycles. The molecule has 0 saturated carbocycles. The smallest absolute Gasteiger partial charge is 0.334 e. The van der Waals surface area contributed by atoms with Gasteiger partial charge in [0.25, 0.3) is 0 Å². The van der Waals surface area contributed by atoms with Gasteiger partial charge in [0.05, 0.1) is 6.42 Å². The molecule has 0 N–H and O–H groups in total. The van der Waals surface area contributed by atoms with Crippen molar-refractivity contribution in [3.05, 3.63) is 12.2 Å². The van der Waals surface area contributed by atoms with Gasteiger partial charge in [0.2, 0.25) is 0 Å². The standard InChI is InChI=1S/C33H58O6/c1-4-6-8-10-12-14-16-18-20-22-24-30(34)27-38-32(36)26-29(3)33(37)39-28-31(35)25-23-21-19-17-15-13-11-9-7-5-2/h3-28H2,1-2H3. The Kier molecular flexibility index (Phi) is 26.2. The Bertz CT molecular complexity index is 669. The number of ether oxygens (including phenoxy) is 2. The van der Waals surface area contributed by atoms with Crippen LogP contribution in [0.15, 0.2) is 12.2 Å². The van der Waals surface area contributed by atoms with Crippen molar-refractivity contribution in [2.75, 3.05) is 13.2 Å². The predicted molar refractivity (Wildman–Crippen MR) is 159 cm³/mol. The van der Waals surface area contributed by atoms with Crippen LogP contribution in [0.1, 0.15) is 162 Å². The Morgan fingerprint density at radius 3 is 1.21 bits per heavy atom. The quantitative estimate of drug-likeness (QED) is 0.0525. The molecule has 0 fully saturated rings. The summed E-state index contributed by atoms with van der Waals surface area (Å²) in [7, 11) is 0. The van der Waals surface area contributed by atoms with Crippen LogP contribution in [0.4, 0.5) is 0 Å². The van der Waals surface area contributed by atoms with Gasteiger partial charge in [-0.25, -0.2) is 4.79 Å². The number of rotatable bonds is 29. The number of ketones is 2. The first-order chi connectivity index (χ1) is 18.9. The second-order valence-electron chi connectivity index (χ2n) is 11.0. The highest BCUT2D eigenvalue weighted by atomic mass is 16.5. The largest absolute Gasteiger partial charge is 0.457 e. The molecule has 0 aromatic rings. The predicted octanol–water partition coefficient (Wildman–Crippen LogP) is 8.78. The summed E-state index contributed by atoms with van der Waals surface area (Å²) in [4.78, 5) is 47.9. The maximum Gasteiger partial charge on any atom is 0.334 e. The molecule has 0 aliphatic heterocycles. The highest BCUT2D eigenvalue weighted by Gasteiger charge is 2.16. The summed E-state index contributed by atoms with van der Waals surface area (Å²) in [6.07, 6.45) is 24.3. The van der Waals surface area contributed by atoms with E-state index in [2.05, 4.69) is 20.4 Å². The third-order valence-electron chi connectivity index (χ3n) is 7.02. The molecule has 0 aliphatic carbocycles. The van der Waals surface area contributed by atoms with Gasteiger partial charge in [0.1, 0.15) is 13.2 Å². The van der Waals surface area contributed by atoms with E-state index in [1.54, 1.807) is 0 Å². The summed E-state index contributed by atoms with van der Waals surface area (Å²) in [5.41, 5.74) is -0.0751. The lowest BCUT2D eigenvalue weighted by Crippen LogP contribution is -2.19. The number of hydrogen-bond acceptors (Lipinski definition) is 6. The van der Waals surface area contributed by atoms with Crippen LogP contribution in [-0.2, 0) is 28.7 Å². The number of Topliss-reactive ketones (excluding diaryl/α,β-unsaturated/α-hetero) is 2. The summed E-state index contributed by atoms with van der Waals surface area (Å²) in [6, 6.07) is 0. The lowest BCUT2D eigenvalue weighted by Gasteiger charge is -2.08. The Labute approximate surface area is 239 Å². The van der Waals surface area contributed by atoms with Crippen molar-refractivity contribution in [3.8, 4) is 0 Å². The first-order valence-corrected chi connectivity index (χ1v) is 15.9. The van der Waals surface area contributed by atoms with Gasteiger partial charge in [-0.2, -0.15) is 0 Å². The SMILES string of the molecule is C=C(CC(=O)OCC(=O)CCCCCCCCCCCC)C(=O)OCC(=O)CCCCCCCCCCCC. The molecule has 39 heavy (non-hydrogen) atoms. The fourth-order valence-corrected chi connectivity index (χ4v) is 4.47. The third kappa shape index (κ3) is 26.0. The molecule has 6 heteroatoms. The van der Waals surface area contributed by atoms with E-state index in [4.69, 9.17) is 9.47 Å². The number of hydrogen-bond donors (Lipinski definition) is 0. The lowest BCUT2D eigenvalue weighted by atomic mass is 10.1. The summed E-state index contributed by atoms with van der Waals surface area (Å²) < 4.78 is 9.98. The molecule has 0 amide bonds. The molecule has 0 unspecified atom stereocenters. The molecule has 6 nitrogen and oxygen atoms in total. The second-order valence-corrected chi connectivity index (χ2v) is 11.0. The van der Waals surface area contributed by atoms with Gasteiger partial charge in [0, 0.05) is 18.4 Å². The van der Waals surface area contributed by atoms with Gasteiger partial charge < -0.3 is 9.47 Å². The Morgan fingerprint density at radius 1 is 0.487 bits per heavy atom. The first-order valence-electron chi connectivity index (χ1n) is 15.9. The minimum Gasteiger partial charge on any atom is -0.457 e. The topological polar surface area (TPSA) is 86.7 Å². The van der Waals surface area contributed by atoms with Crippen LogP contribution in [0.5, 0.6) is 0 Å². The number of esters is 2. The molecule has 0 aliphatic rings. The fourth-order valence-electron chi connectivity index (χ4n) is 4.47. The van der Waals surface area contributed by atoms with E-state index in [0.717, 1.165) is 38.5 Å². The number of carbonyl (C=O) groups is 4. The van der Waals surface area contributed by atoms with Crippen LogP contribution in [-0.4, -0.2) is 36.7 Å². The van der Waals surface area contributed by atoms with Crippen molar-refractivity contribution < 1.29 is 28.7 Å². The molecule has 0 spiro atoms. The average molecular weight is 551 g/mol. The molecule has 0 heterocycles. The zero-order chi connectivity index (χ0) is 29.0. The fraction of sp³-hybridized carbons (Fsp3) is 0.818. The van der Waals surface area contributed by atoms with E-state index in [9.17, 15) is 19.2 Å². The third-order valence-corrected chi connectivity index (χ3v) is 7.02. The summed E-state index contributed by atoms with van der Waals surface area (Å²) in [6.45, 7) is 7.42. The van der Waals surface area contributed by atoms with Gasteiger partial charge in [0.15, 0.2) is 11.6 Å². The first kappa shape index (κ1) is 37.0. The highest BCUT2D eigenvalue weighted by Crippen LogP contribution is 2.13. The molecule has 226 valence electrons. The summed E-state index contributed by atoms with van der Waals surface area (Å²) in [5.74, 6) is -1.71. The molecular formula is C33H58O6. The molecule has 0 aromatic carbocycles. The van der Waals surface area contributed by atoms with Gasteiger partial charge in [-0.15, -0.1) is 0 Å². The Balaban J connectivity index is 3.70. The van der Waals surface area contributed by atoms with E-state index in [1.807, 2.05) is 0 Å². The molecule has 0 saturated heterocycles.